The molecule has 0 unspecified atom stereocenters. The van der Waals surface area contributed by atoms with E-state index in [4.69, 9.17) is 9.98 Å². The minimum Gasteiger partial charge on any atom is -0.273 e. The fraction of sp³-hybridized carbons (Fsp3) is 0.231. The second kappa shape index (κ2) is 7.69. The van der Waals surface area contributed by atoms with E-state index in [1.807, 2.05) is 85.0 Å². The van der Waals surface area contributed by atoms with Gasteiger partial charge in [0.25, 0.3) is 11.6 Å². The van der Waals surface area contributed by atoms with Gasteiger partial charge in [-0.25, -0.2) is 19.6 Å². The number of carbonyl (C=O) groups excluding carboxylic acids is 2. The molecular formula is C26H24N6O2. The molecule has 0 aromatic heterocycles. The van der Waals surface area contributed by atoms with Crippen LogP contribution < -0.4 is 0 Å². The Morgan fingerprint density at radius 1 is 0.559 bits per heavy atom. The maximum Gasteiger partial charge on any atom is 0.327 e. The van der Waals surface area contributed by atoms with Gasteiger partial charge in [0.05, 0.1) is 0 Å². The Labute approximate surface area is 197 Å². The molecule has 4 amide bonds. The number of nitrogens with zero attached hydrogens (tertiary/aromatic N) is 6. The van der Waals surface area contributed by atoms with Crippen molar-refractivity contribution in [3.8, 4) is 0 Å². The average molecular weight is 453 g/mol. The van der Waals surface area contributed by atoms with Crippen LogP contribution in [0, 0.1) is 0 Å². The molecule has 0 saturated carbocycles. The lowest BCUT2D eigenvalue weighted by Crippen LogP contribution is -2.66. The van der Waals surface area contributed by atoms with E-state index >= 15 is 0 Å². The van der Waals surface area contributed by atoms with Crippen LogP contribution in [-0.2, 0) is 0 Å². The summed E-state index contributed by atoms with van der Waals surface area (Å²) in [5.74, 6) is -2.70. The maximum atomic E-state index is 13.9. The molecule has 4 heterocycles. The number of hydrogen-bond acceptors (Lipinski definition) is 4. The van der Waals surface area contributed by atoms with Crippen LogP contribution in [0.2, 0.25) is 0 Å². The summed E-state index contributed by atoms with van der Waals surface area (Å²) in [4.78, 5) is 44.5. The molecule has 4 aliphatic rings. The molecule has 170 valence electrons. The Kier molecular flexibility index (Phi) is 4.62. The third-order valence-corrected chi connectivity index (χ3v) is 6.75. The van der Waals surface area contributed by atoms with Crippen LogP contribution >= 0.6 is 0 Å². The number of benzene rings is 2. The van der Waals surface area contributed by atoms with Gasteiger partial charge in [-0.05, 0) is 11.1 Å². The van der Waals surface area contributed by atoms with Crippen molar-refractivity contribution in [2.75, 3.05) is 26.2 Å². The molecule has 0 aliphatic carbocycles. The Bertz CT molecular complexity index is 1100. The number of aliphatic imine (C=N–C) groups is 2. The molecule has 0 N–H and O–H groups in total. The highest BCUT2D eigenvalue weighted by Gasteiger charge is 2.80. The maximum absolute atomic E-state index is 13.9. The van der Waals surface area contributed by atoms with Crippen molar-refractivity contribution in [2.45, 2.75) is 11.6 Å². The minimum absolute atomic E-state index is 0.198. The van der Waals surface area contributed by atoms with Gasteiger partial charge in [0.15, 0.2) is 0 Å². The molecule has 2 saturated heterocycles. The third kappa shape index (κ3) is 2.65. The lowest BCUT2D eigenvalue weighted by molar-refractivity contribution is -0.0370. The summed E-state index contributed by atoms with van der Waals surface area (Å²) < 4.78 is 0. The van der Waals surface area contributed by atoms with Crippen molar-refractivity contribution in [3.63, 3.8) is 0 Å². The molecule has 2 aromatic rings. The highest BCUT2D eigenvalue weighted by Crippen LogP contribution is 2.54. The highest BCUT2D eigenvalue weighted by atomic mass is 16.2. The first-order valence-corrected chi connectivity index (χ1v) is 11.4. The van der Waals surface area contributed by atoms with Crippen molar-refractivity contribution >= 4 is 24.5 Å². The predicted molar refractivity (Wildman–Crippen MR) is 129 cm³/mol. The standard InChI is InChI=1S/C26H24N6O2/c33-23-29-15-7-8-16-30-24(34)32-18-10-9-17-31(23)26(32,28-20-22-13-5-2-6-14-22)25(29,30)27-19-21-11-3-1-4-12-21/h1-14,19-20H,15-18H2/b27-19-,28-20-. The monoisotopic (exact) mass is 452 g/mol. The predicted octanol–water partition coefficient (Wildman–Crippen LogP) is 3.15. The Balaban J connectivity index is 1.61. The number of rotatable bonds is 4. The zero-order valence-corrected chi connectivity index (χ0v) is 18.6. The van der Waals surface area contributed by atoms with Gasteiger partial charge >= 0.3 is 12.1 Å². The van der Waals surface area contributed by atoms with Gasteiger partial charge < -0.3 is 0 Å². The van der Waals surface area contributed by atoms with Crippen LogP contribution in [0.15, 0.2) is 95.0 Å². The molecule has 6 rings (SSSR count). The van der Waals surface area contributed by atoms with Crippen molar-refractivity contribution in [2.24, 2.45) is 9.98 Å². The molecule has 0 spiro atoms. The molecule has 4 aliphatic heterocycles. The first-order chi connectivity index (χ1) is 16.7. The first-order valence-electron chi connectivity index (χ1n) is 11.4. The second-order valence-corrected chi connectivity index (χ2v) is 8.56. The summed E-state index contributed by atoms with van der Waals surface area (Å²) in [6, 6.07) is 19.0. The van der Waals surface area contributed by atoms with E-state index in [0.717, 1.165) is 11.1 Å². The molecule has 0 radical (unpaired) electrons. The van der Waals surface area contributed by atoms with Crippen LogP contribution in [0.25, 0.3) is 0 Å². The van der Waals surface area contributed by atoms with Gasteiger partial charge in [0.1, 0.15) is 0 Å². The zero-order valence-electron chi connectivity index (χ0n) is 18.6. The average Bonchev–Trinajstić information content (AvgIpc) is 3.06. The number of urea groups is 2. The van der Waals surface area contributed by atoms with E-state index in [-0.39, 0.29) is 12.1 Å². The molecular weight excluding hydrogens is 428 g/mol. The van der Waals surface area contributed by atoms with E-state index in [9.17, 15) is 9.59 Å². The Hall–Kier alpha value is -4.20. The second-order valence-electron chi connectivity index (χ2n) is 8.56. The molecule has 0 bridgehead atoms. The van der Waals surface area contributed by atoms with Crippen molar-refractivity contribution in [3.05, 3.63) is 96.1 Å². The summed E-state index contributed by atoms with van der Waals surface area (Å²) in [5.41, 5.74) is 1.77. The lowest BCUT2D eigenvalue weighted by Gasteiger charge is -2.42. The van der Waals surface area contributed by atoms with E-state index < -0.39 is 11.6 Å². The molecule has 0 atom stereocenters. The first kappa shape index (κ1) is 20.4. The number of hydrogen-bond donors (Lipinski definition) is 0. The summed E-state index contributed by atoms with van der Waals surface area (Å²) in [6.07, 6.45) is 11.2. The zero-order chi connectivity index (χ0) is 23.2. The van der Waals surface area contributed by atoms with E-state index in [1.165, 1.54) is 0 Å². The fourth-order valence-electron chi connectivity index (χ4n) is 5.24. The van der Waals surface area contributed by atoms with Gasteiger partial charge in [0.2, 0.25) is 0 Å². The van der Waals surface area contributed by atoms with Gasteiger partial charge in [0, 0.05) is 38.6 Å². The molecule has 2 aromatic carbocycles. The molecule has 8 nitrogen and oxygen atoms in total. The summed E-state index contributed by atoms with van der Waals surface area (Å²) in [7, 11) is 0. The number of carbonyl (C=O) groups is 2. The van der Waals surface area contributed by atoms with Crippen LogP contribution in [-0.4, -0.2) is 81.8 Å². The van der Waals surface area contributed by atoms with Crippen LogP contribution in [0.3, 0.4) is 0 Å². The smallest absolute Gasteiger partial charge is 0.273 e. The Morgan fingerprint density at radius 2 is 0.882 bits per heavy atom. The highest BCUT2D eigenvalue weighted by molar-refractivity contribution is 5.92. The molecule has 2 fully saturated rings. The van der Waals surface area contributed by atoms with Crippen LogP contribution in [0.5, 0.6) is 0 Å². The van der Waals surface area contributed by atoms with Gasteiger partial charge in [-0.1, -0.05) is 85.0 Å². The third-order valence-electron chi connectivity index (χ3n) is 6.75. The lowest BCUT2D eigenvalue weighted by atomic mass is 10.1. The fourth-order valence-corrected chi connectivity index (χ4v) is 5.24. The van der Waals surface area contributed by atoms with E-state index in [1.54, 1.807) is 32.0 Å². The van der Waals surface area contributed by atoms with Gasteiger partial charge in [-0.3, -0.25) is 19.6 Å². The topological polar surface area (TPSA) is 71.8 Å². The summed E-state index contributed by atoms with van der Waals surface area (Å²) in [5, 5.41) is 0. The summed E-state index contributed by atoms with van der Waals surface area (Å²) >= 11 is 0. The van der Waals surface area contributed by atoms with E-state index in [2.05, 4.69) is 0 Å². The largest absolute Gasteiger partial charge is 0.327 e. The minimum atomic E-state index is -1.35. The van der Waals surface area contributed by atoms with Crippen molar-refractivity contribution in [1.29, 1.82) is 0 Å². The SMILES string of the molecule is O=C1N2CC=CCN3C(=O)N4CC=CCN1C4(/N=C\c1ccccc1)C23/N=C\c1ccccc1. The van der Waals surface area contributed by atoms with E-state index in [0.29, 0.717) is 26.2 Å². The van der Waals surface area contributed by atoms with Gasteiger partial charge in [-0.2, -0.15) is 0 Å². The van der Waals surface area contributed by atoms with Gasteiger partial charge in [-0.15, -0.1) is 0 Å². The van der Waals surface area contributed by atoms with Crippen LogP contribution in [0.1, 0.15) is 11.1 Å². The number of amides is 4. The van der Waals surface area contributed by atoms with Crippen molar-refractivity contribution < 1.29 is 9.59 Å². The molecule has 8 heteroatoms. The molecule has 34 heavy (non-hydrogen) atoms. The quantitative estimate of drug-likeness (QED) is 0.528. The van der Waals surface area contributed by atoms with Crippen molar-refractivity contribution in [1.82, 2.24) is 19.6 Å². The normalized spacial score (nSPS) is 27.8. The Morgan fingerprint density at radius 3 is 1.21 bits per heavy atom. The van der Waals surface area contributed by atoms with Crippen LogP contribution in [0.4, 0.5) is 9.59 Å². The summed E-state index contributed by atoms with van der Waals surface area (Å²) in [6.45, 7) is 1.35.